The van der Waals surface area contributed by atoms with E-state index in [9.17, 15) is 4.79 Å². The van der Waals surface area contributed by atoms with Crippen molar-refractivity contribution in [3.63, 3.8) is 0 Å². The predicted octanol–water partition coefficient (Wildman–Crippen LogP) is 2.32. The molecule has 0 atom stereocenters. The number of ketones is 1. The summed E-state index contributed by atoms with van der Waals surface area (Å²) in [5.74, 6) is 1.17. The van der Waals surface area contributed by atoms with E-state index in [0.717, 1.165) is 42.7 Å². The van der Waals surface area contributed by atoms with Gasteiger partial charge in [-0.15, -0.1) is 0 Å². The fourth-order valence-corrected chi connectivity index (χ4v) is 2.93. The molecule has 0 bridgehead atoms. The monoisotopic (exact) mass is 245 g/mol. The van der Waals surface area contributed by atoms with E-state index >= 15 is 0 Å². The minimum Gasteiger partial charge on any atom is -0.493 e. The van der Waals surface area contributed by atoms with Crippen LogP contribution in [0.4, 0.5) is 0 Å². The quantitative estimate of drug-likeness (QED) is 0.828. The number of rotatable bonds is 4. The van der Waals surface area contributed by atoms with E-state index in [1.165, 1.54) is 6.42 Å². The second-order valence-electron chi connectivity index (χ2n) is 5.58. The molecule has 96 valence electrons. The summed E-state index contributed by atoms with van der Waals surface area (Å²) >= 11 is 0. The molecule has 1 aliphatic heterocycles. The Morgan fingerprint density at radius 1 is 1.39 bits per heavy atom. The zero-order valence-electron chi connectivity index (χ0n) is 10.6. The molecule has 0 radical (unpaired) electrons. The van der Waals surface area contributed by atoms with Crippen LogP contribution in [0.25, 0.3) is 0 Å². The van der Waals surface area contributed by atoms with E-state index in [4.69, 9.17) is 10.5 Å². The number of carbonyl (C=O) groups excluding carboxylic acids is 1. The van der Waals surface area contributed by atoms with Gasteiger partial charge in [0.05, 0.1) is 6.61 Å². The molecule has 0 amide bonds. The molecule has 0 aromatic heterocycles. The van der Waals surface area contributed by atoms with Gasteiger partial charge in [-0.3, -0.25) is 4.79 Å². The second kappa shape index (κ2) is 4.39. The average Bonchev–Trinajstić information content (AvgIpc) is 2.80. The molecule has 1 heterocycles. The van der Waals surface area contributed by atoms with Crippen molar-refractivity contribution >= 4 is 5.78 Å². The second-order valence-corrected chi connectivity index (χ2v) is 5.58. The Hall–Kier alpha value is -1.35. The van der Waals surface area contributed by atoms with Gasteiger partial charge in [-0.2, -0.15) is 0 Å². The highest BCUT2D eigenvalue weighted by molar-refractivity contribution is 5.97. The summed E-state index contributed by atoms with van der Waals surface area (Å²) in [7, 11) is 0. The molecule has 3 nitrogen and oxygen atoms in total. The summed E-state index contributed by atoms with van der Waals surface area (Å²) in [6, 6.07) is 5.80. The molecule has 2 aliphatic rings. The number of carbonyl (C=O) groups is 1. The van der Waals surface area contributed by atoms with Crippen molar-refractivity contribution in [2.24, 2.45) is 11.1 Å². The summed E-state index contributed by atoms with van der Waals surface area (Å²) in [6.07, 6.45) is 4.93. The van der Waals surface area contributed by atoms with E-state index in [0.29, 0.717) is 13.0 Å². The van der Waals surface area contributed by atoms with Gasteiger partial charge < -0.3 is 10.5 Å². The van der Waals surface area contributed by atoms with Crippen LogP contribution < -0.4 is 10.5 Å². The normalized spacial score (nSPS) is 19.8. The van der Waals surface area contributed by atoms with Gasteiger partial charge >= 0.3 is 0 Å². The summed E-state index contributed by atoms with van der Waals surface area (Å²) < 4.78 is 5.46. The van der Waals surface area contributed by atoms with Gasteiger partial charge in [-0.25, -0.2) is 0 Å². The van der Waals surface area contributed by atoms with Crippen LogP contribution in [-0.2, 0) is 6.42 Å². The van der Waals surface area contributed by atoms with Crippen LogP contribution in [0, 0.1) is 5.41 Å². The molecule has 18 heavy (non-hydrogen) atoms. The topological polar surface area (TPSA) is 52.3 Å². The largest absolute Gasteiger partial charge is 0.493 e. The van der Waals surface area contributed by atoms with Gasteiger partial charge in [-0.05, 0) is 48.6 Å². The highest BCUT2D eigenvalue weighted by Crippen LogP contribution is 2.43. The fourth-order valence-electron chi connectivity index (χ4n) is 2.93. The lowest BCUT2D eigenvalue weighted by atomic mass is 9.65. The van der Waals surface area contributed by atoms with Crippen LogP contribution in [0.15, 0.2) is 18.2 Å². The molecular formula is C15H19NO2. The molecule has 0 spiro atoms. The molecule has 2 N–H and O–H groups in total. The summed E-state index contributed by atoms with van der Waals surface area (Å²) in [5, 5.41) is 0. The molecule has 3 rings (SSSR count). The zero-order chi connectivity index (χ0) is 12.6. The fraction of sp³-hybridized carbons (Fsp3) is 0.533. The number of hydrogen-bond donors (Lipinski definition) is 1. The number of nitrogens with two attached hydrogens (primary N) is 1. The molecular weight excluding hydrogens is 226 g/mol. The summed E-state index contributed by atoms with van der Waals surface area (Å²) in [4.78, 5) is 12.3. The lowest BCUT2D eigenvalue weighted by Crippen LogP contribution is -2.39. The highest BCUT2D eigenvalue weighted by Gasteiger charge is 2.37. The van der Waals surface area contributed by atoms with Crippen molar-refractivity contribution < 1.29 is 9.53 Å². The molecule has 1 saturated carbocycles. The maximum Gasteiger partial charge on any atom is 0.163 e. The van der Waals surface area contributed by atoms with Crippen LogP contribution in [0.5, 0.6) is 5.75 Å². The maximum atomic E-state index is 12.3. The van der Waals surface area contributed by atoms with Gasteiger partial charge in [0.25, 0.3) is 0 Å². The first kappa shape index (κ1) is 11.7. The lowest BCUT2D eigenvalue weighted by Gasteiger charge is -2.40. The Labute approximate surface area is 107 Å². The van der Waals surface area contributed by atoms with Crippen LogP contribution in [0.1, 0.15) is 41.6 Å². The first-order valence-corrected chi connectivity index (χ1v) is 6.71. The third-order valence-electron chi connectivity index (χ3n) is 4.39. The standard InChI is InChI=1S/C15H19NO2/c16-10-15(5-1-6-15)9-13(17)11-2-3-14-12(8-11)4-7-18-14/h2-3,8H,1,4-7,9-10,16H2. The Kier molecular flexibility index (Phi) is 2.86. The maximum absolute atomic E-state index is 12.3. The van der Waals surface area contributed by atoms with Crippen LogP contribution in [0.2, 0.25) is 0 Å². The van der Waals surface area contributed by atoms with E-state index in [1.54, 1.807) is 0 Å². The Bertz CT molecular complexity index is 472. The first-order valence-electron chi connectivity index (χ1n) is 6.71. The lowest BCUT2D eigenvalue weighted by molar-refractivity contribution is 0.0786. The van der Waals surface area contributed by atoms with Crippen molar-refractivity contribution in [3.8, 4) is 5.75 Å². The van der Waals surface area contributed by atoms with E-state index in [1.807, 2.05) is 18.2 Å². The number of ether oxygens (including phenoxy) is 1. The van der Waals surface area contributed by atoms with Crippen molar-refractivity contribution in [3.05, 3.63) is 29.3 Å². The van der Waals surface area contributed by atoms with Gasteiger partial charge in [-0.1, -0.05) is 6.42 Å². The van der Waals surface area contributed by atoms with Crippen LogP contribution >= 0.6 is 0 Å². The molecule has 1 aromatic carbocycles. The Morgan fingerprint density at radius 2 is 2.22 bits per heavy atom. The van der Waals surface area contributed by atoms with Crippen molar-refractivity contribution in [1.82, 2.24) is 0 Å². The molecule has 0 unspecified atom stereocenters. The van der Waals surface area contributed by atoms with Gasteiger partial charge in [0, 0.05) is 18.4 Å². The molecule has 3 heteroatoms. The molecule has 1 aromatic rings. The summed E-state index contributed by atoms with van der Waals surface area (Å²) in [6.45, 7) is 1.37. The number of Topliss-reactive ketones (excluding diaryl/α,β-unsaturated/α-hetero) is 1. The van der Waals surface area contributed by atoms with Crippen molar-refractivity contribution in [2.75, 3.05) is 13.2 Å². The number of fused-ring (bicyclic) bond motifs is 1. The molecule has 0 saturated heterocycles. The molecule has 1 aliphatic carbocycles. The summed E-state index contributed by atoms with van der Waals surface area (Å²) in [5.41, 5.74) is 7.88. The Morgan fingerprint density at radius 3 is 2.89 bits per heavy atom. The smallest absolute Gasteiger partial charge is 0.163 e. The Balaban J connectivity index is 1.76. The highest BCUT2D eigenvalue weighted by atomic mass is 16.5. The van der Waals surface area contributed by atoms with E-state index < -0.39 is 0 Å². The van der Waals surface area contributed by atoms with Gasteiger partial charge in [0.15, 0.2) is 5.78 Å². The number of hydrogen-bond acceptors (Lipinski definition) is 3. The molecule has 1 fully saturated rings. The van der Waals surface area contributed by atoms with E-state index in [-0.39, 0.29) is 11.2 Å². The third kappa shape index (κ3) is 1.93. The minimum atomic E-state index is 0.0899. The van der Waals surface area contributed by atoms with Crippen molar-refractivity contribution in [1.29, 1.82) is 0 Å². The number of benzene rings is 1. The average molecular weight is 245 g/mol. The van der Waals surface area contributed by atoms with Crippen molar-refractivity contribution in [2.45, 2.75) is 32.1 Å². The van der Waals surface area contributed by atoms with Gasteiger partial charge in [0.1, 0.15) is 5.75 Å². The predicted molar refractivity (Wildman–Crippen MR) is 69.9 cm³/mol. The first-order chi connectivity index (χ1) is 8.72. The van der Waals surface area contributed by atoms with Crippen LogP contribution in [-0.4, -0.2) is 18.9 Å². The SMILES string of the molecule is NCC1(CC(=O)c2ccc3c(c2)CCO3)CCC1. The zero-order valence-corrected chi connectivity index (χ0v) is 10.6. The van der Waals surface area contributed by atoms with E-state index in [2.05, 4.69) is 0 Å². The van der Waals surface area contributed by atoms with Crippen LogP contribution in [0.3, 0.4) is 0 Å². The minimum absolute atomic E-state index is 0.0899. The third-order valence-corrected chi connectivity index (χ3v) is 4.39. The van der Waals surface area contributed by atoms with Gasteiger partial charge in [0.2, 0.25) is 0 Å².